The summed E-state index contributed by atoms with van der Waals surface area (Å²) in [6.45, 7) is 6.61. The van der Waals surface area contributed by atoms with E-state index in [9.17, 15) is 5.11 Å². The van der Waals surface area contributed by atoms with Gasteiger partial charge in [0, 0.05) is 26.2 Å². The second-order valence-electron chi connectivity index (χ2n) is 4.66. The van der Waals surface area contributed by atoms with E-state index >= 15 is 0 Å². The van der Waals surface area contributed by atoms with Crippen LogP contribution in [0, 0.1) is 0 Å². The van der Waals surface area contributed by atoms with Crippen molar-refractivity contribution in [2.24, 2.45) is 0 Å². The van der Waals surface area contributed by atoms with E-state index < -0.39 is 0 Å². The molecule has 0 aliphatic carbocycles. The molecule has 0 bridgehead atoms. The molecule has 0 aromatic rings. The van der Waals surface area contributed by atoms with Gasteiger partial charge < -0.3 is 15.2 Å². The van der Waals surface area contributed by atoms with Crippen LogP contribution in [0.25, 0.3) is 0 Å². The lowest BCUT2D eigenvalue weighted by atomic mass is 10.1. The van der Waals surface area contributed by atoms with Crippen molar-refractivity contribution in [1.82, 2.24) is 10.2 Å². The molecular formula is C12H26N2O2. The third kappa shape index (κ3) is 5.25. The van der Waals surface area contributed by atoms with E-state index in [1.807, 2.05) is 0 Å². The Morgan fingerprint density at radius 3 is 3.06 bits per heavy atom. The molecule has 4 heteroatoms. The molecule has 0 radical (unpaired) electrons. The average Bonchev–Trinajstić information content (AvgIpc) is 2.27. The van der Waals surface area contributed by atoms with Gasteiger partial charge in [0.1, 0.15) is 0 Å². The molecule has 2 unspecified atom stereocenters. The number of ether oxygens (including phenoxy) is 1. The zero-order chi connectivity index (χ0) is 11.8. The maximum atomic E-state index is 9.68. The minimum Gasteiger partial charge on any atom is -0.389 e. The first-order valence-electron chi connectivity index (χ1n) is 6.39. The van der Waals surface area contributed by atoms with Gasteiger partial charge in [-0.3, -0.25) is 4.90 Å². The first kappa shape index (κ1) is 13.9. The first-order valence-corrected chi connectivity index (χ1v) is 6.39. The van der Waals surface area contributed by atoms with E-state index in [4.69, 9.17) is 4.74 Å². The fourth-order valence-electron chi connectivity index (χ4n) is 2.28. The second-order valence-corrected chi connectivity index (χ2v) is 4.66. The number of aliphatic hydroxyl groups is 1. The van der Waals surface area contributed by atoms with Gasteiger partial charge in [0.2, 0.25) is 0 Å². The number of nitrogens with zero attached hydrogens (tertiary/aromatic N) is 1. The summed E-state index contributed by atoms with van der Waals surface area (Å²) >= 11 is 0. The molecule has 1 aliphatic heterocycles. The van der Waals surface area contributed by atoms with Crippen LogP contribution in [0.2, 0.25) is 0 Å². The maximum Gasteiger partial charge on any atom is 0.0900 e. The topological polar surface area (TPSA) is 44.7 Å². The SMILES string of the molecule is CCCNC1CCCN(CC(O)COC)C1. The number of aliphatic hydroxyl groups excluding tert-OH is 1. The molecule has 1 aliphatic rings. The van der Waals surface area contributed by atoms with Crippen molar-refractivity contribution in [2.45, 2.75) is 38.3 Å². The highest BCUT2D eigenvalue weighted by molar-refractivity contribution is 4.79. The molecule has 0 saturated carbocycles. The Kier molecular flexibility index (Phi) is 6.96. The summed E-state index contributed by atoms with van der Waals surface area (Å²) < 4.78 is 4.94. The molecule has 1 heterocycles. The minimum atomic E-state index is -0.352. The highest BCUT2D eigenvalue weighted by Gasteiger charge is 2.20. The van der Waals surface area contributed by atoms with Crippen molar-refractivity contribution in [3.05, 3.63) is 0 Å². The van der Waals surface area contributed by atoms with Crippen molar-refractivity contribution < 1.29 is 9.84 Å². The average molecular weight is 230 g/mol. The van der Waals surface area contributed by atoms with E-state index in [1.165, 1.54) is 19.3 Å². The van der Waals surface area contributed by atoms with E-state index in [-0.39, 0.29) is 6.10 Å². The van der Waals surface area contributed by atoms with Crippen LogP contribution < -0.4 is 5.32 Å². The van der Waals surface area contributed by atoms with Crippen LogP contribution in [-0.4, -0.2) is 62.0 Å². The molecule has 2 atom stereocenters. The maximum absolute atomic E-state index is 9.68. The molecule has 1 rings (SSSR count). The molecule has 96 valence electrons. The standard InChI is InChI=1S/C12H26N2O2/c1-3-6-13-11-5-4-7-14(8-11)9-12(15)10-16-2/h11-13,15H,3-10H2,1-2H3. The second kappa shape index (κ2) is 8.01. The summed E-state index contributed by atoms with van der Waals surface area (Å²) in [5.74, 6) is 0. The third-order valence-electron chi connectivity index (χ3n) is 3.02. The van der Waals surface area contributed by atoms with Crippen LogP contribution in [0.5, 0.6) is 0 Å². The summed E-state index contributed by atoms with van der Waals surface area (Å²) in [5.41, 5.74) is 0. The number of likely N-dealkylation sites (tertiary alicyclic amines) is 1. The van der Waals surface area contributed by atoms with Gasteiger partial charge in [-0.15, -0.1) is 0 Å². The Morgan fingerprint density at radius 1 is 1.56 bits per heavy atom. The van der Waals surface area contributed by atoms with Gasteiger partial charge in [-0.1, -0.05) is 6.92 Å². The lowest BCUT2D eigenvalue weighted by molar-refractivity contribution is 0.0299. The van der Waals surface area contributed by atoms with Crippen LogP contribution in [0.15, 0.2) is 0 Å². The quantitative estimate of drug-likeness (QED) is 0.667. The van der Waals surface area contributed by atoms with Crippen molar-refractivity contribution in [2.75, 3.05) is 39.9 Å². The highest BCUT2D eigenvalue weighted by Crippen LogP contribution is 2.10. The fourth-order valence-corrected chi connectivity index (χ4v) is 2.28. The van der Waals surface area contributed by atoms with Gasteiger partial charge in [-0.2, -0.15) is 0 Å². The molecule has 2 N–H and O–H groups in total. The normalized spacial score (nSPS) is 24.6. The molecule has 0 spiro atoms. The van der Waals surface area contributed by atoms with E-state index in [1.54, 1.807) is 7.11 Å². The van der Waals surface area contributed by atoms with E-state index in [0.717, 1.165) is 26.2 Å². The van der Waals surface area contributed by atoms with Gasteiger partial charge in [-0.25, -0.2) is 0 Å². The molecule has 16 heavy (non-hydrogen) atoms. The number of piperidine rings is 1. The monoisotopic (exact) mass is 230 g/mol. The van der Waals surface area contributed by atoms with Gasteiger partial charge >= 0.3 is 0 Å². The van der Waals surface area contributed by atoms with Gasteiger partial charge in [0.25, 0.3) is 0 Å². The number of rotatable bonds is 7. The van der Waals surface area contributed by atoms with E-state index in [0.29, 0.717) is 12.6 Å². The zero-order valence-electron chi connectivity index (χ0n) is 10.6. The van der Waals surface area contributed by atoms with Gasteiger partial charge in [-0.05, 0) is 32.4 Å². The largest absolute Gasteiger partial charge is 0.389 e. The summed E-state index contributed by atoms with van der Waals surface area (Å²) in [5, 5.41) is 13.2. The third-order valence-corrected chi connectivity index (χ3v) is 3.02. The Morgan fingerprint density at radius 2 is 2.38 bits per heavy atom. The van der Waals surface area contributed by atoms with Crippen molar-refractivity contribution in [3.8, 4) is 0 Å². The first-order chi connectivity index (χ1) is 7.76. The minimum absolute atomic E-state index is 0.352. The number of hydrogen-bond acceptors (Lipinski definition) is 4. The number of methoxy groups -OCH3 is 1. The molecule has 0 aromatic heterocycles. The lowest BCUT2D eigenvalue weighted by Crippen LogP contribution is -2.48. The predicted octanol–water partition coefficient (Wildman–Crippen LogP) is 0.458. The summed E-state index contributed by atoms with van der Waals surface area (Å²) in [4.78, 5) is 2.33. The molecule has 1 fully saturated rings. The zero-order valence-corrected chi connectivity index (χ0v) is 10.6. The van der Waals surface area contributed by atoms with Gasteiger partial charge in [0.15, 0.2) is 0 Å². The van der Waals surface area contributed by atoms with Crippen LogP contribution in [0.4, 0.5) is 0 Å². The molecule has 0 amide bonds. The molecular weight excluding hydrogens is 204 g/mol. The summed E-state index contributed by atoms with van der Waals surface area (Å²) in [6, 6.07) is 0.600. The predicted molar refractivity (Wildman–Crippen MR) is 65.6 cm³/mol. The Balaban J connectivity index is 2.21. The Hall–Kier alpha value is -0.160. The van der Waals surface area contributed by atoms with Crippen molar-refractivity contribution in [3.63, 3.8) is 0 Å². The van der Waals surface area contributed by atoms with Crippen LogP contribution in [0.1, 0.15) is 26.2 Å². The summed E-state index contributed by atoms with van der Waals surface area (Å²) in [7, 11) is 1.63. The van der Waals surface area contributed by atoms with Crippen molar-refractivity contribution in [1.29, 1.82) is 0 Å². The van der Waals surface area contributed by atoms with Gasteiger partial charge in [0.05, 0.1) is 12.7 Å². The number of nitrogens with one attached hydrogen (secondary N) is 1. The van der Waals surface area contributed by atoms with Crippen LogP contribution >= 0.6 is 0 Å². The number of hydrogen-bond donors (Lipinski definition) is 2. The Bertz CT molecular complexity index is 178. The highest BCUT2D eigenvalue weighted by atomic mass is 16.5. The molecule has 4 nitrogen and oxygen atoms in total. The lowest BCUT2D eigenvalue weighted by Gasteiger charge is -2.34. The Labute approximate surface area is 99.0 Å². The summed E-state index contributed by atoms with van der Waals surface area (Å²) in [6.07, 6.45) is 3.32. The fraction of sp³-hybridized carbons (Fsp3) is 1.00. The number of β-amino-alcohol motifs (C(OH)–C–C–N with tert-alkyl or cyclic N) is 1. The van der Waals surface area contributed by atoms with Crippen LogP contribution in [-0.2, 0) is 4.74 Å². The molecule has 1 saturated heterocycles. The smallest absolute Gasteiger partial charge is 0.0900 e. The van der Waals surface area contributed by atoms with E-state index in [2.05, 4.69) is 17.1 Å². The van der Waals surface area contributed by atoms with Crippen LogP contribution in [0.3, 0.4) is 0 Å². The molecule has 0 aromatic carbocycles. The van der Waals surface area contributed by atoms with Crippen molar-refractivity contribution >= 4 is 0 Å².